The minimum Gasteiger partial charge on any atom is -0.687 e. The molecule has 4 heteroatoms. The van der Waals surface area contributed by atoms with Crippen molar-refractivity contribution in [2.24, 2.45) is 5.92 Å². The molecular weight excluding hydrogens is 407 g/mol. The molecule has 3 rings (SSSR count). The molecule has 2 aromatic rings. The summed E-state index contributed by atoms with van der Waals surface area (Å²) in [5.41, 5.74) is 5.99. The van der Waals surface area contributed by atoms with Crippen LogP contribution in [0.2, 0.25) is 0 Å². The maximum absolute atomic E-state index is 13.1. The van der Waals surface area contributed by atoms with E-state index in [-0.39, 0.29) is 24.3 Å². The van der Waals surface area contributed by atoms with E-state index in [4.69, 9.17) is 0 Å². The van der Waals surface area contributed by atoms with Gasteiger partial charge in [0, 0.05) is 41.4 Å². The molecule has 0 heterocycles. The molecule has 1 fully saturated rings. The van der Waals surface area contributed by atoms with E-state index in [1.165, 1.54) is 0 Å². The monoisotopic (exact) mass is 438 g/mol. The number of carbonyl (C=O) groups excluding carboxylic acids is 1. The zero-order valence-corrected chi connectivity index (χ0v) is 19.7. The second-order valence-electron chi connectivity index (χ2n) is 8.07. The van der Waals surface area contributed by atoms with Crippen molar-refractivity contribution in [2.75, 3.05) is 12.4 Å². The minimum atomic E-state index is 0. The molecule has 1 radical (unpaired) electrons. The number of Topliss-reactive ketones (excluding diaryl/α,β-unsaturated/α-hetero) is 1. The zero-order valence-electron chi connectivity index (χ0n) is 18.4. The first-order valence-corrected chi connectivity index (χ1v) is 10.5. The molecule has 0 aromatic heterocycles. The van der Waals surface area contributed by atoms with Gasteiger partial charge in [-0.1, -0.05) is 50.2 Å². The third kappa shape index (κ3) is 6.39. The zero-order chi connectivity index (χ0) is 20.8. The summed E-state index contributed by atoms with van der Waals surface area (Å²) < 4.78 is 0. The van der Waals surface area contributed by atoms with Crippen LogP contribution in [0, 0.1) is 5.92 Å². The van der Waals surface area contributed by atoms with Crippen molar-refractivity contribution in [3.63, 3.8) is 0 Å². The van der Waals surface area contributed by atoms with Crippen molar-refractivity contribution in [3.05, 3.63) is 76.1 Å². The Morgan fingerprint density at radius 1 is 1.00 bits per heavy atom. The van der Waals surface area contributed by atoms with E-state index in [1.54, 1.807) is 7.05 Å². The number of benzene rings is 2. The number of hydrogen-bond donors (Lipinski definition) is 1. The quantitative estimate of drug-likeness (QED) is 0.494. The number of nitrogens with zero attached hydrogens (tertiary/aromatic N) is 1. The Morgan fingerprint density at radius 3 is 1.97 bits per heavy atom. The SMILES string of the molecule is CCC(C)Nc1ccc(/C=C2\CC(C)C/C(=C\c3ccc([N-]C)cc3)C2=O)cc1.[V]. The Bertz CT molecular complexity index is 898. The van der Waals surface area contributed by atoms with E-state index >= 15 is 0 Å². The molecule has 30 heavy (non-hydrogen) atoms. The van der Waals surface area contributed by atoms with Crippen molar-refractivity contribution in [1.82, 2.24) is 0 Å². The molecule has 2 aromatic carbocycles. The van der Waals surface area contributed by atoms with Gasteiger partial charge in [0.25, 0.3) is 0 Å². The number of hydrogen-bond acceptors (Lipinski definition) is 2. The maximum Gasteiger partial charge on any atom is 0.185 e. The first-order chi connectivity index (χ1) is 14.0. The molecule has 0 bridgehead atoms. The first-order valence-electron chi connectivity index (χ1n) is 10.5. The van der Waals surface area contributed by atoms with Crippen molar-refractivity contribution in [1.29, 1.82) is 0 Å². The van der Waals surface area contributed by atoms with Crippen LogP contribution in [0.4, 0.5) is 11.4 Å². The van der Waals surface area contributed by atoms with Gasteiger partial charge >= 0.3 is 0 Å². The summed E-state index contributed by atoms with van der Waals surface area (Å²) in [7, 11) is 1.78. The largest absolute Gasteiger partial charge is 0.687 e. The first kappa shape index (κ1) is 24.0. The molecule has 1 N–H and O–H groups in total. The van der Waals surface area contributed by atoms with E-state index in [0.717, 1.165) is 52.9 Å². The Hall–Kier alpha value is -2.23. The molecule has 0 saturated heterocycles. The summed E-state index contributed by atoms with van der Waals surface area (Å²) in [5.74, 6) is 0.635. The normalized spacial score (nSPS) is 20.0. The summed E-state index contributed by atoms with van der Waals surface area (Å²) in [6.07, 6.45) is 6.83. The van der Waals surface area contributed by atoms with Crippen LogP contribution in [0.5, 0.6) is 0 Å². The Balaban J connectivity index is 0.00000320. The summed E-state index contributed by atoms with van der Waals surface area (Å²) in [6.45, 7) is 6.56. The average Bonchev–Trinajstić information content (AvgIpc) is 2.73. The molecule has 1 saturated carbocycles. The van der Waals surface area contributed by atoms with E-state index in [0.29, 0.717) is 12.0 Å². The van der Waals surface area contributed by atoms with Gasteiger partial charge in [0.05, 0.1) is 0 Å². The molecule has 0 amide bonds. The van der Waals surface area contributed by atoms with E-state index in [2.05, 4.69) is 61.7 Å². The van der Waals surface area contributed by atoms with Gasteiger partial charge in [-0.3, -0.25) is 4.79 Å². The number of allylic oxidation sites excluding steroid dienone is 2. The molecule has 1 aliphatic rings. The summed E-state index contributed by atoms with van der Waals surface area (Å²) >= 11 is 0. The summed E-state index contributed by atoms with van der Waals surface area (Å²) in [5, 5.41) is 7.65. The molecule has 2 unspecified atom stereocenters. The van der Waals surface area contributed by atoms with Gasteiger partial charge in [0.15, 0.2) is 5.78 Å². The van der Waals surface area contributed by atoms with E-state index in [9.17, 15) is 4.79 Å². The molecule has 3 nitrogen and oxygen atoms in total. The van der Waals surface area contributed by atoms with Gasteiger partial charge in [-0.05, 0) is 67.5 Å². The summed E-state index contributed by atoms with van der Waals surface area (Å²) in [4.78, 5) is 13.1. The van der Waals surface area contributed by atoms with Gasteiger partial charge in [0.2, 0.25) is 0 Å². The average molecular weight is 438 g/mol. The van der Waals surface area contributed by atoms with Gasteiger partial charge in [0.1, 0.15) is 0 Å². The smallest absolute Gasteiger partial charge is 0.185 e. The third-order valence-electron chi connectivity index (χ3n) is 5.49. The van der Waals surface area contributed by atoms with Crippen LogP contribution in [0.15, 0.2) is 59.7 Å². The van der Waals surface area contributed by atoms with Crippen LogP contribution < -0.4 is 5.32 Å². The second-order valence-corrected chi connectivity index (χ2v) is 8.07. The molecule has 157 valence electrons. The van der Waals surface area contributed by atoms with E-state index in [1.807, 2.05) is 30.3 Å². The summed E-state index contributed by atoms with van der Waals surface area (Å²) in [6, 6.07) is 16.8. The predicted octanol–water partition coefficient (Wildman–Crippen LogP) is 7.00. The predicted molar refractivity (Wildman–Crippen MR) is 125 cm³/mol. The molecule has 0 aliphatic heterocycles. The van der Waals surface area contributed by atoms with Crippen LogP contribution in [-0.2, 0) is 23.4 Å². The number of nitrogens with one attached hydrogen (secondary N) is 1. The standard InChI is InChI=1S/C26H32N2O.V/c1-5-19(3)28-25-12-8-21(9-13-25)17-23-15-18(2)14-22(26(23)29)16-20-6-10-24(27-4)11-7-20;/h6-13,16-19H,5,14-15H2,1-4H3,(H2,27,28,29);/p-1. The molecule has 1 aliphatic carbocycles. The van der Waals surface area contributed by atoms with Crippen molar-refractivity contribution in [2.45, 2.75) is 46.1 Å². The molecule has 2 atom stereocenters. The van der Waals surface area contributed by atoms with Crippen LogP contribution in [0.3, 0.4) is 0 Å². The van der Waals surface area contributed by atoms with Gasteiger partial charge in [-0.15, -0.1) is 12.7 Å². The van der Waals surface area contributed by atoms with Crippen molar-refractivity contribution < 1.29 is 23.4 Å². The fraction of sp³-hybridized carbons (Fsp3) is 0.346. The van der Waals surface area contributed by atoms with Crippen molar-refractivity contribution in [3.8, 4) is 0 Å². The fourth-order valence-corrected chi connectivity index (χ4v) is 3.65. The number of carbonyl (C=O) groups is 1. The Kier molecular flexibility index (Phi) is 9.01. The Morgan fingerprint density at radius 2 is 1.50 bits per heavy atom. The topological polar surface area (TPSA) is 43.2 Å². The number of ketones is 1. The maximum atomic E-state index is 13.1. The second kappa shape index (κ2) is 11.2. The van der Waals surface area contributed by atoms with Gasteiger partial charge < -0.3 is 10.6 Å². The van der Waals surface area contributed by atoms with Crippen LogP contribution in [0.25, 0.3) is 17.5 Å². The minimum absolute atomic E-state index is 0. The van der Waals surface area contributed by atoms with Gasteiger partial charge in [-0.2, -0.15) is 0 Å². The molecular formula is C26H31N2OV-. The van der Waals surface area contributed by atoms with E-state index < -0.39 is 0 Å². The van der Waals surface area contributed by atoms with Crippen LogP contribution in [0.1, 0.15) is 51.2 Å². The molecule has 0 spiro atoms. The number of anilines is 1. The fourth-order valence-electron chi connectivity index (χ4n) is 3.65. The Labute approximate surface area is 192 Å². The van der Waals surface area contributed by atoms with Crippen molar-refractivity contribution >= 4 is 29.3 Å². The third-order valence-corrected chi connectivity index (χ3v) is 5.49. The van der Waals surface area contributed by atoms with Crippen LogP contribution >= 0.6 is 0 Å². The van der Waals surface area contributed by atoms with Crippen LogP contribution in [-0.4, -0.2) is 18.9 Å². The van der Waals surface area contributed by atoms with Gasteiger partial charge in [-0.25, -0.2) is 0 Å². The number of rotatable bonds is 6.